The molecule has 1 aromatic carbocycles. The number of carbonyl (C=O) groups excluding carboxylic acids is 1. The molecule has 3 heteroatoms. The van der Waals surface area contributed by atoms with Crippen LogP contribution in [-0.2, 0) is 11.2 Å². The first-order valence-electron chi connectivity index (χ1n) is 4.46. The van der Waals surface area contributed by atoms with Gasteiger partial charge in [-0.15, -0.1) is 0 Å². The Hall–Kier alpha value is -1.82. The van der Waals surface area contributed by atoms with Crippen LogP contribution in [0.25, 0.3) is 0 Å². The number of carbonyl (C=O) groups is 1. The Bertz CT molecular complexity index is 366. The molecule has 0 aliphatic heterocycles. The number of rotatable bonds is 3. The predicted octanol–water partition coefficient (Wildman–Crippen LogP) is 1.24. The summed E-state index contributed by atoms with van der Waals surface area (Å²) in [7, 11) is 0. The summed E-state index contributed by atoms with van der Waals surface area (Å²) < 4.78 is 0. The highest BCUT2D eigenvalue weighted by atomic mass is 16.1. The maximum absolute atomic E-state index is 10.6. The van der Waals surface area contributed by atoms with E-state index in [1.807, 2.05) is 18.2 Å². The van der Waals surface area contributed by atoms with Crippen molar-refractivity contribution < 1.29 is 4.79 Å². The Kier molecular flexibility index (Phi) is 3.69. The molecule has 0 aromatic heterocycles. The Balaban J connectivity index is 2.51. The van der Waals surface area contributed by atoms with Crippen molar-refractivity contribution in [2.45, 2.75) is 13.3 Å². The third-order valence-electron chi connectivity index (χ3n) is 1.84. The van der Waals surface area contributed by atoms with Crippen LogP contribution >= 0.6 is 0 Å². The average molecular weight is 188 g/mol. The summed E-state index contributed by atoms with van der Waals surface area (Å²) in [6.45, 7) is 2.11. The molecular weight excluding hydrogens is 176 g/mol. The van der Waals surface area contributed by atoms with E-state index in [-0.39, 0.29) is 5.91 Å². The lowest BCUT2D eigenvalue weighted by Gasteiger charge is -2.02. The number of nitrogens with one attached hydrogen (secondary N) is 1. The SMILES string of the molecule is CC(=O)NCCc1cccc(C#N)c1. The van der Waals surface area contributed by atoms with E-state index in [2.05, 4.69) is 11.4 Å². The van der Waals surface area contributed by atoms with Gasteiger partial charge in [-0.25, -0.2) is 0 Å². The Morgan fingerprint density at radius 2 is 2.36 bits per heavy atom. The van der Waals surface area contributed by atoms with Gasteiger partial charge in [0, 0.05) is 13.5 Å². The number of amides is 1. The summed E-state index contributed by atoms with van der Waals surface area (Å²) in [6.07, 6.45) is 0.759. The number of nitrogens with zero attached hydrogens (tertiary/aromatic N) is 1. The quantitative estimate of drug-likeness (QED) is 0.775. The van der Waals surface area contributed by atoms with E-state index in [4.69, 9.17) is 5.26 Å². The third kappa shape index (κ3) is 3.28. The standard InChI is InChI=1S/C11H12N2O/c1-9(14)13-6-5-10-3-2-4-11(7-10)8-12/h2-4,7H,5-6H2,1H3,(H,13,14). The first-order valence-corrected chi connectivity index (χ1v) is 4.46. The van der Waals surface area contributed by atoms with Crippen molar-refractivity contribution in [1.29, 1.82) is 5.26 Å². The van der Waals surface area contributed by atoms with Gasteiger partial charge in [0.05, 0.1) is 11.6 Å². The molecule has 0 atom stereocenters. The molecule has 1 rings (SSSR count). The lowest BCUT2D eigenvalue weighted by atomic mass is 10.1. The second-order valence-electron chi connectivity index (χ2n) is 3.05. The van der Waals surface area contributed by atoms with Crippen LogP contribution in [0.2, 0.25) is 0 Å². The van der Waals surface area contributed by atoms with E-state index >= 15 is 0 Å². The minimum Gasteiger partial charge on any atom is -0.356 e. The van der Waals surface area contributed by atoms with E-state index in [9.17, 15) is 4.79 Å². The molecule has 0 unspecified atom stereocenters. The fraction of sp³-hybridized carbons (Fsp3) is 0.273. The second kappa shape index (κ2) is 5.03. The first-order chi connectivity index (χ1) is 6.72. The molecule has 0 radical (unpaired) electrons. The molecule has 72 valence electrons. The number of nitriles is 1. The zero-order valence-electron chi connectivity index (χ0n) is 8.08. The lowest BCUT2D eigenvalue weighted by molar-refractivity contribution is -0.118. The van der Waals surface area contributed by atoms with Crippen LogP contribution in [0.15, 0.2) is 24.3 Å². The fourth-order valence-corrected chi connectivity index (χ4v) is 1.18. The van der Waals surface area contributed by atoms with Gasteiger partial charge >= 0.3 is 0 Å². The minimum absolute atomic E-state index is 0.0264. The highest BCUT2D eigenvalue weighted by Gasteiger charge is 1.95. The predicted molar refractivity (Wildman–Crippen MR) is 53.5 cm³/mol. The lowest BCUT2D eigenvalue weighted by Crippen LogP contribution is -2.22. The minimum atomic E-state index is -0.0264. The highest BCUT2D eigenvalue weighted by molar-refractivity contribution is 5.72. The maximum Gasteiger partial charge on any atom is 0.216 e. The van der Waals surface area contributed by atoms with Crippen molar-refractivity contribution in [1.82, 2.24) is 5.32 Å². The van der Waals surface area contributed by atoms with Gasteiger partial charge in [-0.05, 0) is 24.1 Å². The summed E-state index contributed by atoms with van der Waals surface area (Å²) >= 11 is 0. The van der Waals surface area contributed by atoms with Crippen molar-refractivity contribution in [3.05, 3.63) is 35.4 Å². The highest BCUT2D eigenvalue weighted by Crippen LogP contribution is 2.04. The molecular formula is C11H12N2O. The fourth-order valence-electron chi connectivity index (χ4n) is 1.18. The first kappa shape index (κ1) is 10.3. The topological polar surface area (TPSA) is 52.9 Å². The van der Waals surface area contributed by atoms with Gasteiger partial charge < -0.3 is 5.32 Å². The largest absolute Gasteiger partial charge is 0.356 e. The molecule has 0 aliphatic rings. The molecule has 14 heavy (non-hydrogen) atoms. The monoisotopic (exact) mass is 188 g/mol. The van der Waals surface area contributed by atoms with Crippen LogP contribution in [0.3, 0.4) is 0 Å². The van der Waals surface area contributed by atoms with Crippen LogP contribution in [0.1, 0.15) is 18.1 Å². The van der Waals surface area contributed by atoms with Gasteiger partial charge in [-0.2, -0.15) is 5.26 Å². The average Bonchev–Trinajstić information content (AvgIpc) is 2.18. The van der Waals surface area contributed by atoms with Crippen molar-refractivity contribution in [3.8, 4) is 6.07 Å². The van der Waals surface area contributed by atoms with Crippen LogP contribution in [0.5, 0.6) is 0 Å². The molecule has 0 fully saturated rings. The third-order valence-corrected chi connectivity index (χ3v) is 1.84. The molecule has 3 nitrogen and oxygen atoms in total. The Morgan fingerprint density at radius 1 is 1.57 bits per heavy atom. The zero-order chi connectivity index (χ0) is 10.4. The molecule has 1 aromatic rings. The van der Waals surface area contributed by atoms with E-state index in [1.165, 1.54) is 6.92 Å². The van der Waals surface area contributed by atoms with Crippen LogP contribution < -0.4 is 5.32 Å². The molecule has 0 saturated heterocycles. The normalized spacial score (nSPS) is 9.14. The Morgan fingerprint density at radius 3 is 3.00 bits per heavy atom. The molecule has 0 spiro atoms. The van der Waals surface area contributed by atoms with E-state index in [0.717, 1.165) is 12.0 Å². The molecule has 0 bridgehead atoms. The van der Waals surface area contributed by atoms with Crippen LogP contribution in [0, 0.1) is 11.3 Å². The molecule has 0 aliphatic carbocycles. The summed E-state index contributed by atoms with van der Waals surface area (Å²) in [4.78, 5) is 10.6. The van der Waals surface area contributed by atoms with Crippen molar-refractivity contribution in [2.24, 2.45) is 0 Å². The number of benzene rings is 1. The smallest absolute Gasteiger partial charge is 0.216 e. The van der Waals surface area contributed by atoms with Crippen molar-refractivity contribution in [3.63, 3.8) is 0 Å². The van der Waals surface area contributed by atoms with Gasteiger partial charge in [0.1, 0.15) is 0 Å². The summed E-state index contributed by atoms with van der Waals surface area (Å²) in [6, 6.07) is 9.48. The van der Waals surface area contributed by atoms with Crippen LogP contribution in [-0.4, -0.2) is 12.5 Å². The van der Waals surface area contributed by atoms with Gasteiger partial charge in [0.15, 0.2) is 0 Å². The van der Waals surface area contributed by atoms with Crippen molar-refractivity contribution in [2.75, 3.05) is 6.54 Å². The second-order valence-corrected chi connectivity index (χ2v) is 3.05. The van der Waals surface area contributed by atoms with E-state index in [0.29, 0.717) is 12.1 Å². The summed E-state index contributed by atoms with van der Waals surface area (Å²) in [5.74, 6) is -0.0264. The number of hydrogen-bond donors (Lipinski definition) is 1. The Labute approximate surface area is 83.4 Å². The van der Waals surface area contributed by atoms with E-state index in [1.54, 1.807) is 6.07 Å². The van der Waals surface area contributed by atoms with Crippen molar-refractivity contribution >= 4 is 5.91 Å². The van der Waals surface area contributed by atoms with Gasteiger partial charge in [0.25, 0.3) is 0 Å². The maximum atomic E-state index is 10.6. The molecule has 0 heterocycles. The molecule has 0 saturated carbocycles. The summed E-state index contributed by atoms with van der Waals surface area (Å²) in [5.41, 5.74) is 1.73. The molecule has 1 amide bonds. The number of hydrogen-bond acceptors (Lipinski definition) is 2. The van der Waals surface area contributed by atoms with Gasteiger partial charge in [-0.1, -0.05) is 12.1 Å². The van der Waals surface area contributed by atoms with Crippen LogP contribution in [0.4, 0.5) is 0 Å². The summed E-state index contributed by atoms with van der Waals surface area (Å²) in [5, 5.41) is 11.4. The van der Waals surface area contributed by atoms with Gasteiger partial charge in [0.2, 0.25) is 5.91 Å². The van der Waals surface area contributed by atoms with E-state index < -0.39 is 0 Å². The van der Waals surface area contributed by atoms with Gasteiger partial charge in [-0.3, -0.25) is 4.79 Å². The zero-order valence-corrected chi connectivity index (χ0v) is 8.08. The molecule has 1 N–H and O–H groups in total.